The average molecular weight is 247 g/mol. The minimum absolute atomic E-state index is 0.656. The van der Waals surface area contributed by atoms with Crippen LogP contribution < -0.4 is 14.8 Å². The number of furan rings is 1. The van der Waals surface area contributed by atoms with E-state index >= 15 is 0 Å². The second-order valence-corrected chi connectivity index (χ2v) is 3.83. The van der Waals surface area contributed by atoms with Gasteiger partial charge in [-0.25, -0.2) is 0 Å². The van der Waals surface area contributed by atoms with Gasteiger partial charge in [-0.05, 0) is 25.2 Å². The van der Waals surface area contributed by atoms with Crippen LogP contribution in [-0.4, -0.2) is 21.3 Å². The Hall–Kier alpha value is -1.94. The molecule has 0 bridgehead atoms. The first-order chi connectivity index (χ1) is 8.81. The SMILES string of the molecule is CNCc1occc1-c1c(OC)cccc1OC. The summed E-state index contributed by atoms with van der Waals surface area (Å²) in [6.45, 7) is 0.656. The molecule has 0 unspecified atom stereocenters. The molecule has 0 atom stereocenters. The van der Waals surface area contributed by atoms with Gasteiger partial charge < -0.3 is 19.2 Å². The van der Waals surface area contributed by atoms with Crippen LogP contribution in [0.25, 0.3) is 11.1 Å². The molecule has 2 rings (SSSR count). The van der Waals surface area contributed by atoms with Crippen LogP contribution in [0.5, 0.6) is 11.5 Å². The van der Waals surface area contributed by atoms with E-state index in [2.05, 4.69) is 5.32 Å². The summed E-state index contributed by atoms with van der Waals surface area (Å²) in [5.41, 5.74) is 1.90. The molecule has 18 heavy (non-hydrogen) atoms. The number of hydrogen-bond acceptors (Lipinski definition) is 4. The predicted molar refractivity (Wildman–Crippen MR) is 70.0 cm³/mol. The zero-order chi connectivity index (χ0) is 13.0. The topological polar surface area (TPSA) is 43.6 Å². The molecule has 1 aromatic heterocycles. The van der Waals surface area contributed by atoms with Gasteiger partial charge in [0.05, 0.1) is 32.6 Å². The summed E-state index contributed by atoms with van der Waals surface area (Å²) in [4.78, 5) is 0. The molecule has 0 aliphatic heterocycles. The summed E-state index contributed by atoms with van der Waals surface area (Å²) in [6, 6.07) is 7.65. The number of benzene rings is 1. The van der Waals surface area contributed by atoms with Crippen LogP contribution in [0.15, 0.2) is 34.9 Å². The van der Waals surface area contributed by atoms with Crippen molar-refractivity contribution >= 4 is 0 Å². The molecule has 1 heterocycles. The lowest BCUT2D eigenvalue weighted by Crippen LogP contribution is -2.05. The number of rotatable bonds is 5. The minimum Gasteiger partial charge on any atom is -0.496 e. The van der Waals surface area contributed by atoms with Gasteiger partial charge in [0, 0.05) is 5.56 Å². The highest BCUT2D eigenvalue weighted by Crippen LogP contribution is 2.40. The van der Waals surface area contributed by atoms with Crippen molar-refractivity contribution < 1.29 is 13.9 Å². The second kappa shape index (κ2) is 5.60. The summed E-state index contributed by atoms with van der Waals surface area (Å²) < 4.78 is 16.3. The monoisotopic (exact) mass is 247 g/mol. The molecule has 0 aliphatic rings. The zero-order valence-electron chi connectivity index (χ0n) is 10.8. The molecule has 0 amide bonds. The fraction of sp³-hybridized carbons (Fsp3) is 0.286. The van der Waals surface area contributed by atoms with Gasteiger partial charge in [-0.15, -0.1) is 0 Å². The Morgan fingerprint density at radius 2 is 1.78 bits per heavy atom. The van der Waals surface area contributed by atoms with Gasteiger partial charge in [0.15, 0.2) is 0 Å². The van der Waals surface area contributed by atoms with Crippen LogP contribution in [-0.2, 0) is 6.54 Å². The minimum atomic E-state index is 0.656. The van der Waals surface area contributed by atoms with Crippen LogP contribution in [0, 0.1) is 0 Å². The lowest BCUT2D eigenvalue weighted by atomic mass is 10.0. The van der Waals surface area contributed by atoms with E-state index in [1.54, 1.807) is 20.5 Å². The van der Waals surface area contributed by atoms with Crippen LogP contribution in [0.2, 0.25) is 0 Å². The van der Waals surface area contributed by atoms with Crippen molar-refractivity contribution in [1.82, 2.24) is 5.32 Å². The summed E-state index contributed by atoms with van der Waals surface area (Å²) in [5.74, 6) is 2.40. The third-order valence-electron chi connectivity index (χ3n) is 2.78. The molecule has 4 nitrogen and oxygen atoms in total. The largest absolute Gasteiger partial charge is 0.496 e. The quantitative estimate of drug-likeness (QED) is 0.882. The highest BCUT2D eigenvalue weighted by atomic mass is 16.5. The lowest BCUT2D eigenvalue weighted by molar-refractivity contribution is 0.397. The Kier molecular flexibility index (Phi) is 3.89. The number of nitrogens with one attached hydrogen (secondary N) is 1. The van der Waals surface area contributed by atoms with E-state index in [1.807, 2.05) is 31.3 Å². The molecule has 1 aromatic carbocycles. The molecule has 0 aliphatic carbocycles. The van der Waals surface area contributed by atoms with Gasteiger partial charge >= 0.3 is 0 Å². The standard InChI is InChI=1S/C14H17NO3/c1-15-9-13-10(7-8-18-13)14-11(16-2)5-4-6-12(14)17-3/h4-8,15H,9H2,1-3H3. The lowest BCUT2D eigenvalue weighted by Gasteiger charge is -2.12. The second-order valence-electron chi connectivity index (χ2n) is 3.83. The first kappa shape index (κ1) is 12.5. The Morgan fingerprint density at radius 3 is 2.33 bits per heavy atom. The van der Waals surface area contributed by atoms with Crippen molar-refractivity contribution in [2.45, 2.75) is 6.54 Å². The highest BCUT2D eigenvalue weighted by molar-refractivity contribution is 5.78. The van der Waals surface area contributed by atoms with Crippen molar-refractivity contribution in [3.8, 4) is 22.6 Å². The molecule has 2 aromatic rings. The van der Waals surface area contributed by atoms with E-state index in [9.17, 15) is 0 Å². The van der Waals surface area contributed by atoms with Crippen LogP contribution in [0.4, 0.5) is 0 Å². The van der Waals surface area contributed by atoms with E-state index in [-0.39, 0.29) is 0 Å². The van der Waals surface area contributed by atoms with E-state index in [0.29, 0.717) is 6.54 Å². The van der Waals surface area contributed by atoms with Crippen molar-refractivity contribution in [3.63, 3.8) is 0 Å². The molecular weight excluding hydrogens is 230 g/mol. The molecule has 0 spiro atoms. The normalized spacial score (nSPS) is 10.4. The van der Waals surface area contributed by atoms with Crippen molar-refractivity contribution in [2.24, 2.45) is 0 Å². The third-order valence-corrected chi connectivity index (χ3v) is 2.78. The zero-order valence-corrected chi connectivity index (χ0v) is 10.8. The maximum absolute atomic E-state index is 5.48. The maximum Gasteiger partial charge on any atom is 0.130 e. The fourth-order valence-corrected chi connectivity index (χ4v) is 1.98. The van der Waals surface area contributed by atoms with E-state index < -0.39 is 0 Å². The molecule has 0 saturated heterocycles. The van der Waals surface area contributed by atoms with E-state index in [0.717, 1.165) is 28.4 Å². The smallest absolute Gasteiger partial charge is 0.130 e. The van der Waals surface area contributed by atoms with Gasteiger partial charge in [0.25, 0.3) is 0 Å². The molecule has 0 radical (unpaired) electrons. The Bertz CT molecular complexity index is 497. The van der Waals surface area contributed by atoms with Gasteiger partial charge in [-0.3, -0.25) is 0 Å². The molecular formula is C14H17NO3. The van der Waals surface area contributed by atoms with E-state index in [4.69, 9.17) is 13.9 Å². The van der Waals surface area contributed by atoms with Gasteiger partial charge in [0.2, 0.25) is 0 Å². The number of methoxy groups -OCH3 is 2. The maximum atomic E-state index is 5.48. The first-order valence-electron chi connectivity index (χ1n) is 5.74. The van der Waals surface area contributed by atoms with Gasteiger partial charge in [-0.1, -0.05) is 6.07 Å². The molecule has 1 N–H and O–H groups in total. The van der Waals surface area contributed by atoms with Crippen LogP contribution in [0.3, 0.4) is 0 Å². The van der Waals surface area contributed by atoms with Gasteiger partial charge in [-0.2, -0.15) is 0 Å². The van der Waals surface area contributed by atoms with Crippen molar-refractivity contribution in [1.29, 1.82) is 0 Å². The summed E-state index contributed by atoms with van der Waals surface area (Å²) >= 11 is 0. The molecule has 0 fully saturated rings. The average Bonchev–Trinajstić information content (AvgIpc) is 2.86. The molecule has 96 valence electrons. The van der Waals surface area contributed by atoms with Gasteiger partial charge in [0.1, 0.15) is 17.3 Å². The Morgan fingerprint density at radius 1 is 1.11 bits per heavy atom. The van der Waals surface area contributed by atoms with Crippen LogP contribution >= 0.6 is 0 Å². The van der Waals surface area contributed by atoms with Crippen molar-refractivity contribution in [2.75, 3.05) is 21.3 Å². The number of hydrogen-bond donors (Lipinski definition) is 1. The Labute approximate surface area is 107 Å². The summed E-state index contributed by atoms with van der Waals surface area (Å²) in [7, 11) is 5.18. The molecule has 4 heteroatoms. The summed E-state index contributed by atoms with van der Waals surface area (Å²) in [6.07, 6.45) is 1.67. The molecule has 0 saturated carbocycles. The first-order valence-corrected chi connectivity index (χ1v) is 5.74. The summed E-state index contributed by atoms with van der Waals surface area (Å²) in [5, 5.41) is 3.08. The highest BCUT2D eigenvalue weighted by Gasteiger charge is 2.17. The third kappa shape index (κ3) is 2.19. The number of ether oxygens (including phenoxy) is 2. The van der Waals surface area contributed by atoms with Crippen LogP contribution in [0.1, 0.15) is 5.76 Å². The fourth-order valence-electron chi connectivity index (χ4n) is 1.98. The van der Waals surface area contributed by atoms with E-state index in [1.165, 1.54) is 0 Å². The van der Waals surface area contributed by atoms with Crippen molar-refractivity contribution in [3.05, 3.63) is 36.3 Å². The Balaban J connectivity index is 2.57. The predicted octanol–water partition coefficient (Wildman–Crippen LogP) is 2.68.